The van der Waals surface area contributed by atoms with Gasteiger partial charge in [-0.25, -0.2) is 0 Å². The lowest BCUT2D eigenvalue weighted by Crippen LogP contribution is -2.24. The largest absolute Gasteiger partial charge is 0.352 e. The van der Waals surface area contributed by atoms with Gasteiger partial charge >= 0.3 is 0 Å². The van der Waals surface area contributed by atoms with Crippen molar-refractivity contribution in [2.24, 2.45) is 0 Å². The molecule has 0 aliphatic rings. The van der Waals surface area contributed by atoms with Crippen molar-refractivity contribution < 1.29 is 4.79 Å². The maximum Gasteiger partial charge on any atom is 0.251 e. The Labute approximate surface area is 139 Å². The molecule has 2 nitrogen and oxygen atoms in total. The van der Waals surface area contributed by atoms with Gasteiger partial charge in [0.05, 0.1) is 0 Å². The summed E-state index contributed by atoms with van der Waals surface area (Å²) in [5, 5.41) is 5.17. The van der Waals surface area contributed by atoms with Gasteiger partial charge in [0.25, 0.3) is 5.91 Å². The SMILES string of the molecule is O=C(NCCCCCCCl)c1ccc2cc(Br)ccc2c1. The number of carbonyl (C=O) groups is 1. The van der Waals surface area contributed by atoms with E-state index >= 15 is 0 Å². The van der Waals surface area contributed by atoms with Crippen LogP contribution in [0.2, 0.25) is 0 Å². The van der Waals surface area contributed by atoms with Crippen molar-refractivity contribution in [2.45, 2.75) is 25.7 Å². The number of alkyl halides is 1. The molecule has 0 aromatic heterocycles. The van der Waals surface area contributed by atoms with E-state index in [0.717, 1.165) is 53.4 Å². The van der Waals surface area contributed by atoms with Gasteiger partial charge in [0.2, 0.25) is 0 Å². The summed E-state index contributed by atoms with van der Waals surface area (Å²) in [5.41, 5.74) is 0.714. The number of nitrogens with one attached hydrogen (secondary N) is 1. The van der Waals surface area contributed by atoms with Crippen LogP contribution in [0.25, 0.3) is 10.8 Å². The van der Waals surface area contributed by atoms with Crippen LogP contribution in [0.5, 0.6) is 0 Å². The first-order valence-electron chi connectivity index (χ1n) is 7.24. The van der Waals surface area contributed by atoms with Crippen LogP contribution in [0.15, 0.2) is 40.9 Å². The number of unbranched alkanes of at least 4 members (excludes halogenated alkanes) is 3. The summed E-state index contributed by atoms with van der Waals surface area (Å²) in [4.78, 5) is 12.1. The number of hydrogen-bond donors (Lipinski definition) is 1. The van der Waals surface area contributed by atoms with Gasteiger partial charge < -0.3 is 5.32 Å². The number of rotatable bonds is 7. The maximum absolute atomic E-state index is 12.1. The lowest BCUT2D eigenvalue weighted by Gasteiger charge is -2.06. The quantitative estimate of drug-likeness (QED) is 0.532. The second-order valence-electron chi connectivity index (χ2n) is 5.07. The molecule has 0 fully saturated rings. The highest BCUT2D eigenvalue weighted by Gasteiger charge is 2.05. The summed E-state index contributed by atoms with van der Waals surface area (Å²) in [5.74, 6) is 0.719. The Bertz CT molecular complexity index is 615. The highest BCUT2D eigenvalue weighted by molar-refractivity contribution is 9.10. The second kappa shape index (κ2) is 8.40. The molecule has 1 N–H and O–H groups in total. The molecule has 0 bridgehead atoms. The van der Waals surface area contributed by atoms with Crippen molar-refractivity contribution in [2.75, 3.05) is 12.4 Å². The predicted molar refractivity (Wildman–Crippen MR) is 93.2 cm³/mol. The van der Waals surface area contributed by atoms with Crippen LogP contribution in [0.3, 0.4) is 0 Å². The smallest absolute Gasteiger partial charge is 0.251 e. The molecule has 0 unspecified atom stereocenters. The summed E-state index contributed by atoms with van der Waals surface area (Å²) >= 11 is 9.08. The van der Waals surface area contributed by atoms with Crippen molar-refractivity contribution in [1.29, 1.82) is 0 Å². The number of carbonyl (C=O) groups excluding carboxylic acids is 1. The van der Waals surface area contributed by atoms with Gasteiger partial charge in [-0.2, -0.15) is 0 Å². The normalized spacial score (nSPS) is 10.8. The number of benzene rings is 2. The summed E-state index contributed by atoms with van der Waals surface area (Å²) in [7, 11) is 0. The van der Waals surface area contributed by atoms with Crippen LogP contribution in [-0.4, -0.2) is 18.3 Å². The Morgan fingerprint density at radius 2 is 1.71 bits per heavy atom. The third kappa shape index (κ3) is 5.01. The topological polar surface area (TPSA) is 29.1 Å². The lowest BCUT2D eigenvalue weighted by atomic mass is 10.1. The Hall–Kier alpha value is -1.06. The molecule has 2 aromatic rings. The monoisotopic (exact) mass is 367 g/mol. The molecule has 0 spiro atoms. The number of amides is 1. The minimum Gasteiger partial charge on any atom is -0.352 e. The molecule has 4 heteroatoms. The van der Waals surface area contributed by atoms with Gasteiger partial charge in [-0.15, -0.1) is 11.6 Å². The van der Waals surface area contributed by atoms with Crippen LogP contribution in [0.1, 0.15) is 36.0 Å². The van der Waals surface area contributed by atoms with Gasteiger partial charge in [-0.05, 0) is 47.9 Å². The summed E-state index contributed by atoms with van der Waals surface area (Å²) in [6.45, 7) is 0.722. The van der Waals surface area contributed by atoms with Crippen molar-refractivity contribution in [1.82, 2.24) is 5.32 Å². The maximum atomic E-state index is 12.1. The predicted octanol–water partition coefficient (Wildman–Crippen LogP) is 5.13. The molecule has 112 valence electrons. The molecule has 21 heavy (non-hydrogen) atoms. The van der Waals surface area contributed by atoms with E-state index in [9.17, 15) is 4.79 Å². The van der Waals surface area contributed by atoms with Gasteiger partial charge in [0.1, 0.15) is 0 Å². The molecule has 2 rings (SSSR count). The molecule has 0 atom stereocenters. The Morgan fingerprint density at radius 1 is 1.00 bits per heavy atom. The zero-order chi connectivity index (χ0) is 15.1. The van der Waals surface area contributed by atoms with Crippen LogP contribution in [0, 0.1) is 0 Å². The van der Waals surface area contributed by atoms with Crippen LogP contribution >= 0.6 is 27.5 Å². The standard InChI is InChI=1S/C17H19BrClNO/c18-16-8-7-13-11-15(6-5-14(13)12-16)17(21)20-10-4-2-1-3-9-19/h5-8,11-12H,1-4,9-10H2,(H,20,21). The van der Waals surface area contributed by atoms with Gasteiger partial charge in [0, 0.05) is 22.5 Å². The molecule has 0 radical (unpaired) electrons. The van der Waals surface area contributed by atoms with Gasteiger partial charge in [-0.3, -0.25) is 4.79 Å². The van der Waals surface area contributed by atoms with Crippen molar-refractivity contribution in [3.05, 3.63) is 46.4 Å². The molecular weight excluding hydrogens is 350 g/mol. The summed E-state index contributed by atoms with van der Waals surface area (Å²) in [6.07, 6.45) is 4.29. The molecule has 0 aliphatic heterocycles. The minimum atomic E-state index is -0.00263. The first kappa shape index (κ1) is 16.3. The van der Waals surface area contributed by atoms with Crippen LogP contribution in [0.4, 0.5) is 0 Å². The zero-order valence-electron chi connectivity index (χ0n) is 11.9. The van der Waals surface area contributed by atoms with E-state index in [0.29, 0.717) is 5.56 Å². The average Bonchev–Trinajstić information content (AvgIpc) is 2.50. The lowest BCUT2D eigenvalue weighted by molar-refractivity contribution is 0.0953. The van der Waals surface area contributed by atoms with E-state index < -0.39 is 0 Å². The van der Waals surface area contributed by atoms with E-state index in [4.69, 9.17) is 11.6 Å². The van der Waals surface area contributed by atoms with Crippen molar-refractivity contribution in [3.8, 4) is 0 Å². The first-order valence-corrected chi connectivity index (χ1v) is 8.57. The second-order valence-corrected chi connectivity index (χ2v) is 6.36. The summed E-state index contributed by atoms with van der Waals surface area (Å²) in [6, 6.07) is 11.8. The highest BCUT2D eigenvalue weighted by Crippen LogP contribution is 2.20. The van der Waals surface area contributed by atoms with E-state index in [1.54, 1.807) is 0 Å². The highest BCUT2D eigenvalue weighted by atomic mass is 79.9. The Kier molecular flexibility index (Phi) is 6.52. The van der Waals surface area contributed by atoms with Crippen LogP contribution < -0.4 is 5.32 Å². The average molecular weight is 369 g/mol. The van der Waals surface area contributed by atoms with Crippen molar-refractivity contribution >= 4 is 44.2 Å². The zero-order valence-corrected chi connectivity index (χ0v) is 14.2. The van der Waals surface area contributed by atoms with Crippen LogP contribution in [-0.2, 0) is 0 Å². The van der Waals surface area contributed by atoms with E-state index in [-0.39, 0.29) is 5.91 Å². The van der Waals surface area contributed by atoms with E-state index in [1.165, 1.54) is 0 Å². The fourth-order valence-electron chi connectivity index (χ4n) is 2.23. The van der Waals surface area contributed by atoms with Gasteiger partial charge in [0.15, 0.2) is 0 Å². The molecule has 0 heterocycles. The molecule has 0 aliphatic carbocycles. The third-order valence-electron chi connectivity index (χ3n) is 3.41. The fraction of sp³-hybridized carbons (Fsp3) is 0.353. The third-order valence-corrected chi connectivity index (χ3v) is 4.17. The number of halogens is 2. The van der Waals surface area contributed by atoms with Gasteiger partial charge in [-0.1, -0.05) is 40.9 Å². The molecule has 2 aromatic carbocycles. The first-order chi connectivity index (χ1) is 10.2. The molecule has 0 saturated carbocycles. The van der Waals surface area contributed by atoms with Crippen molar-refractivity contribution in [3.63, 3.8) is 0 Å². The number of fused-ring (bicyclic) bond motifs is 1. The molecule has 1 amide bonds. The van der Waals surface area contributed by atoms with E-state index in [1.807, 2.05) is 36.4 Å². The fourth-order valence-corrected chi connectivity index (χ4v) is 2.80. The Balaban J connectivity index is 1.89. The Morgan fingerprint density at radius 3 is 2.52 bits per heavy atom. The molecule has 0 saturated heterocycles. The molecular formula is C17H19BrClNO. The van der Waals surface area contributed by atoms with E-state index in [2.05, 4.69) is 21.2 Å². The summed E-state index contributed by atoms with van der Waals surface area (Å²) < 4.78 is 1.05. The number of hydrogen-bond acceptors (Lipinski definition) is 1. The minimum absolute atomic E-state index is 0.00263.